The molecule has 0 radical (unpaired) electrons. The number of halogens is 2. The number of para-hydroxylation sites is 1. The third kappa shape index (κ3) is 7.00. The number of nitrogens with one attached hydrogen (secondary N) is 2. The summed E-state index contributed by atoms with van der Waals surface area (Å²) in [5.41, 5.74) is 0. The number of benzene rings is 1. The monoisotopic (exact) mass is 463 g/mol. The predicted molar refractivity (Wildman–Crippen MR) is 108 cm³/mol. The van der Waals surface area contributed by atoms with Gasteiger partial charge in [0.1, 0.15) is 24.2 Å². The van der Waals surface area contributed by atoms with E-state index < -0.39 is 0 Å². The van der Waals surface area contributed by atoms with Gasteiger partial charge in [0, 0.05) is 6.54 Å². The first-order valence-electron chi connectivity index (χ1n) is 7.64. The van der Waals surface area contributed by atoms with Gasteiger partial charge in [-0.2, -0.15) is 0 Å². The van der Waals surface area contributed by atoms with Crippen molar-refractivity contribution in [3.05, 3.63) is 53.4 Å². The Morgan fingerprint density at radius 3 is 2.71 bits per heavy atom. The van der Waals surface area contributed by atoms with Gasteiger partial charge in [-0.25, -0.2) is 4.99 Å². The Morgan fingerprint density at radius 2 is 2.04 bits per heavy atom. The van der Waals surface area contributed by atoms with E-state index >= 15 is 0 Å². The lowest BCUT2D eigenvalue weighted by Crippen LogP contribution is -2.41. The van der Waals surface area contributed by atoms with Crippen LogP contribution in [0, 0.1) is 0 Å². The number of nitrogens with zero attached hydrogens (tertiary/aromatic N) is 1. The first-order chi connectivity index (χ1) is 11.2. The van der Waals surface area contributed by atoms with Crippen molar-refractivity contribution >= 4 is 41.5 Å². The van der Waals surface area contributed by atoms with E-state index in [9.17, 15) is 0 Å². The molecule has 1 aromatic carbocycles. The van der Waals surface area contributed by atoms with E-state index in [1.165, 1.54) is 0 Å². The molecule has 24 heavy (non-hydrogen) atoms. The Hall–Kier alpha value is -1.41. The summed E-state index contributed by atoms with van der Waals surface area (Å²) >= 11 is 6.10. The molecule has 1 aromatic heterocycles. The summed E-state index contributed by atoms with van der Waals surface area (Å²) in [5, 5.41) is 7.05. The van der Waals surface area contributed by atoms with Crippen LogP contribution in [0.1, 0.15) is 19.6 Å². The lowest BCUT2D eigenvalue weighted by Gasteiger charge is -2.18. The van der Waals surface area contributed by atoms with Crippen LogP contribution in [-0.2, 0) is 6.54 Å². The van der Waals surface area contributed by atoms with Crippen LogP contribution >= 0.6 is 35.6 Å². The summed E-state index contributed by atoms with van der Waals surface area (Å²) in [6.07, 6.45) is 1.59. The lowest BCUT2D eigenvalue weighted by atomic mass is 10.3. The highest BCUT2D eigenvalue weighted by Gasteiger charge is 2.08. The normalized spacial score (nSPS) is 12.2. The minimum atomic E-state index is -0.0534. The molecule has 0 aliphatic heterocycles. The van der Waals surface area contributed by atoms with Gasteiger partial charge in [0.15, 0.2) is 5.96 Å². The minimum Gasteiger partial charge on any atom is -0.487 e. The maximum atomic E-state index is 6.10. The molecule has 5 nitrogen and oxygen atoms in total. The average Bonchev–Trinajstić information content (AvgIpc) is 3.06. The van der Waals surface area contributed by atoms with Gasteiger partial charge in [-0.3, -0.25) is 0 Å². The van der Waals surface area contributed by atoms with Crippen molar-refractivity contribution < 1.29 is 9.15 Å². The van der Waals surface area contributed by atoms with Crippen molar-refractivity contribution in [2.45, 2.75) is 26.5 Å². The van der Waals surface area contributed by atoms with Crippen molar-refractivity contribution in [2.24, 2.45) is 4.99 Å². The molecule has 0 aliphatic carbocycles. The Balaban J connectivity index is 0.00000288. The molecule has 0 bridgehead atoms. The highest BCUT2D eigenvalue weighted by atomic mass is 127. The van der Waals surface area contributed by atoms with Gasteiger partial charge < -0.3 is 19.8 Å². The van der Waals surface area contributed by atoms with Crippen LogP contribution in [0.25, 0.3) is 0 Å². The fourth-order valence-electron chi connectivity index (χ4n) is 1.94. The van der Waals surface area contributed by atoms with Crippen LogP contribution in [0.15, 0.2) is 52.1 Å². The fraction of sp³-hybridized carbons (Fsp3) is 0.353. The first-order valence-corrected chi connectivity index (χ1v) is 8.02. The number of aliphatic imine (C=N–C) groups is 1. The summed E-state index contributed by atoms with van der Waals surface area (Å²) in [7, 11) is 0. The van der Waals surface area contributed by atoms with Crippen molar-refractivity contribution in [2.75, 3.05) is 13.1 Å². The van der Waals surface area contributed by atoms with Crippen LogP contribution in [0.3, 0.4) is 0 Å². The minimum absolute atomic E-state index is 0. The molecule has 132 valence electrons. The summed E-state index contributed by atoms with van der Waals surface area (Å²) in [5.74, 6) is 2.22. The molecule has 7 heteroatoms. The largest absolute Gasteiger partial charge is 0.487 e. The van der Waals surface area contributed by atoms with E-state index in [1.54, 1.807) is 6.26 Å². The first kappa shape index (κ1) is 20.6. The second kappa shape index (κ2) is 11.2. The molecule has 0 saturated heterocycles. The van der Waals surface area contributed by atoms with Gasteiger partial charge in [-0.15, -0.1) is 24.0 Å². The van der Waals surface area contributed by atoms with Crippen LogP contribution in [0.4, 0.5) is 0 Å². The molecule has 0 aliphatic rings. The molecule has 2 aromatic rings. The number of ether oxygens (including phenoxy) is 1. The molecule has 0 spiro atoms. The second-order valence-corrected chi connectivity index (χ2v) is 5.42. The number of guanidine groups is 1. The van der Waals surface area contributed by atoms with Crippen LogP contribution in [0.5, 0.6) is 5.75 Å². The highest BCUT2D eigenvalue weighted by Crippen LogP contribution is 2.23. The van der Waals surface area contributed by atoms with Gasteiger partial charge in [0.05, 0.1) is 17.8 Å². The van der Waals surface area contributed by atoms with Crippen molar-refractivity contribution in [3.63, 3.8) is 0 Å². The van der Waals surface area contributed by atoms with Gasteiger partial charge in [-0.05, 0) is 38.1 Å². The molecule has 2 rings (SSSR count). The van der Waals surface area contributed by atoms with E-state index in [0.717, 1.165) is 18.3 Å². The van der Waals surface area contributed by atoms with E-state index in [4.69, 9.17) is 20.8 Å². The molecule has 1 heterocycles. The van der Waals surface area contributed by atoms with E-state index in [0.29, 0.717) is 23.9 Å². The maximum absolute atomic E-state index is 6.10. The van der Waals surface area contributed by atoms with Crippen LogP contribution in [0.2, 0.25) is 5.02 Å². The van der Waals surface area contributed by atoms with Crippen LogP contribution in [-0.4, -0.2) is 25.2 Å². The zero-order valence-corrected chi connectivity index (χ0v) is 16.9. The number of hydrogen-bond donors (Lipinski definition) is 2. The molecule has 1 atom stereocenters. The molecular weight excluding hydrogens is 441 g/mol. The van der Waals surface area contributed by atoms with Crippen LogP contribution < -0.4 is 15.4 Å². The van der Waals surface area contributed by atoms with E-state index in [1.807, 2.05) is 50.2 Å². The average molecular weight is 464 g/mol. The standard InChI is InChI=1S/C17H22ClN3O2.HI/c1-3-19-17(21-12-14-7-6-10-22-14)20-11-13(2)23-16-9-5-4-8-15(16)18;/h4-10,13H,3,11-12H2,1-2H3,(H2,19,20,21);1H. The topological polar surface area (TPSA) is 58.8 Å². The number of rotatable bonds is 7. The zero-order chi connectivity index (χ0) is 16.5. The second-order valence-electron chi connectivity index (χ2n) is 5.01. The summed E-state index contributed by atoms with van der Waals surface area (Å²) < 4.78 is 11.1. The number of hydrogen-bond acceptors (Lipinski definition) is 3. The molecule has 0 fully saturated rings. The lowest BCUT2D eigenvalue weighted by molar-refractivity contribution is 0.224. The van der Waals surface area contributed by atoms with Crippen molar-refractivity contribution in [1.82, 2.24) is 10.6 Å². The smallest absolute Gasteiger partial charge is 0.191 e. The summed E-state index contributed by atoms with van der Waals surface area (Å²) in [6, 6.07) is 11.2. The molecule has 2 N–H and O–H groups in total. The van der Waals surface area contributed by atoms with Gasteiger partial charge in [-0.1, -0.05) is 23.7 Å². The Kier molecular flexibility index (Phi) is 9.63. The summed E-state index contributed by atoms with van der Waals surface area (Å²) in [4.78, 5) is 4.47. The third-order valence-corrected chi connectivity index (χ3v) is 3.35. The van der Waals surface area contributed by atoms with Gasteiger partial charge >= 0.3 is 0 Å². The van der Waals surface area contributed by atoms with E-state index in [2.05, 4.69) is 15.6 Å². The molecular formula is C17H23ClIN3O2. The van der Waals surface area contributed by atoms with E-state index in [-0.39, 0.29) is 30.1 Å². The quantitative estimate of drug-likeness (QED) is 0.369. The molecule has 0 saturated carbocycles. The van der Waals surface area contributed by atoms with Crippen molar-refractivity contribution in [1.29, 1.82) is 0 Å². The summed E-state index contributed by atoms with van der Waals surface area (Å²) in [6.45, 7) is 5.88. The Morgan fingerprint density at radius 1 is 1.25 bits per heavy atom. The third-order valence-electron chi connectivity index (χ3n) is 3.04. The Bertz CT molecular complexity index is 620. The molecule has 0 amide bonds. The SMILES string of the molecule is CCNC(=NCc1ccco1)NCC(C)Oc1ccccc1Cl.I. The maximum Gasteiger partial charge on any atom is 0.191 e. The zero-order valence-electron chi connectivity index (χ0n) is 13.8. The predicted octanol–water partition coefficient (Wildman–Crippen LogP) is 4.07. The van der Waals surface area contributed by atoms with Crippen molar-refractivity contribution in [3.8, 4) is 5.75 Å². The van der Waals surface area contributed by atoms with Gasteiger partial charge in [0.2, 0.25) is 0 Å². The highest BCUT2D eigenvalue weighted by molar-refractivity contribution is 14.0. The Labute approximate surface area is 164 Å². The van der Waals surface area contributed by atoms with Gasteiger partial charge in [0.25, 0.3) is 0 Å². The number of furan rings is 1. The fourth-order valence-corrected chi connectivity index (χ4v) is 2.12. The molecule has 1 unspecified atom stereocenters.